The molecule has 0 aromatic carbocycles. The second-order valence-corrected chi connectivity index (χ2v) is 1.32. The van der Waals surface area contributed by atoms with E-state index in [1.807, 2.05) is 0 Å². The summed E-state index contributed by atoms with van der Waals surface area (Å²) in [7, 11) is 0. The summed E-state index contributed by atoms with van der Waals surface area (Å²) >= 11 is 4.74. The molecule has 0 fully saturated rings. The van der Waals surface area contributed by atoms with E-state index in [9.17, 15) is 9.18 Å². The smallest absolute Gasteiger partial charge is 0.335 e. The molecule has 0 spiro atoms. The van der Waals surface area contributed by atoms with Gasteiger partial charge in [0.05, 0.1) is 0 Å². The molecule has 60 valence electrons. The van der Waals surface area contributed by atoms with Crippen molar-refractivity contribution in [2.24, 2.45) is 0 Å². The summed E-state index contributed by atoms with van der Waals surface area (Å²) in [4.78, 5) is 18.2. The van der Waals surface area contributed by atoms with Gasteiger partial charge < -0.3 is 10.2 Å². The average molecular weight is 173 g/mol. The van der Waals surface area contributed by atoms with Crippen LogP contribution in [0, 0.1) is 0 Å². The Kier molecular flexibility index (Phi) is 9.71. The first-order chi connectivity index (χ1) is 4.54. The molecule has 2 N–H and O–H groups in total. The Labute approximate surface area is 61.2 Å². The summed E-state index contributed by atoms with van der Waals surface area (Å²) < 4.78 is 10.5. The first-order valence-corrected chi connectivity index (χ1v) is 2.63. The van der Waals surface area contributed by atoms with E-state index in [0.29, 0.717) is 0 Å². The first-order valence-electron chi connectivity index (χ1n) is 2.10. The second kappa shape index (κ2) is 8.16. The van der Waals surface area contributed by atoms with Crippen molar-refractivity contribution >= 4 is 23.5 Å². The van der Waals surface area contributed by atoms with E-state index in [1.54, 1.807) is 0 Å². The fraction of sp³-hybridized carbons (Fsp3) is 0.500. The summed E-state index contributed by atoms with van der Waals surface area (Å²) in [6.45, 7) is -1.28. The van der Waals surface area contributed by atoms with E-state index in [-0.39, 0.29) is 5.88 Å². The third kappa shape index (κ3) is 27.2. The van der Waals surface area contributed by atoms with Crippen molar-refractivity contribution in [1.29, 1.82) is 0 Å². The molecule has 4 nitrogen and oxygen atoms in total. The third-order valence-electron chi connectivity index (χ3n) is 0.229. The predicted molar refractivity (Wildman–Crippen MR) is 32.0 cm³/mol. The van der Waals surface area contributed by atoms with E-state index in [4.69, 9.17) is 26.6 Å². The zero-order valence-electron chi connectivity index (χ0n) is 4.88. The molecule has 10 heavy (non-hydrogen) atoms. The Hall–Kier alpha value is -0.840. The lowest BCUT2D eigenvalue weighted by molar-refractivity contribution is -0.138. The van der Waals surface area contributed by atoms with Gasteiger partial charge in [-0.2, -0.15) is 0 Å². The third-order valence-corrected chi connectivity index (χ3v) is 0.457. The zero-order chi connectivity index (χ0) is 8.57. The minimum atomic E-state index is -1.41. The molecule has 6 heteroatoms. The van der Waals surface area contributed by atoms with Gasteiger partial charge in [0.2, 0.25) is 0 Å². The van der Waals surface area contributed by atoms with Crippen LogP contribution in [0.3, 0.4) is 0 Å². The van der Waals surface area contributed by atoms with Crippen molar-refractivity contribution < 1.29 is 24.2 Å². The number of halogens is 2. The van der Waals surface area contributed by atoms with Gasteiger partial charge in [-0.05, 0) is 0 Å². The summed E-state index contributed by atoms with van der Waals surface area (Å²) in [5, 5.41) is 14.9. The van der Waals surface area contributed by atoms with Crippen molar-refractivity contribution in [3.63, 3.8) is 0 Å². The summed E-state index contributed by atoms with van der Waals surface area (Å²) in [5.74, 6) is -2.70. The van der Waals surface area contributed by atoms with Gasteiger partial charge >= 0.3 is 11.9 Å². The Balaban J connectivity index is 0. The molecule has 0 saturated carbocycles. The normalized spacial score (nSPS) is 7.40. The minimum absolute atomic E-state index is 0.306. The summed E-state index contributed by atoms with van der Waals surface area (Å²) in [6, 6.07) is 0. The van der Waals surface area contributed by atoms with Crippen molar-refractivity contribution in [3.05, 3.63) is 0 Å². The lowest BCUT2D eigenvalue weighted by atomic mass is 10.8. The highest BCUT2D eigenvalue weighted by Crippen LogP contribution is 1.67. The molecule has 0 saturated heterocycles. The van der Waals surface area contributed by atoms with Gasteiger partial charge in [0.15, 0.2) is 6.67 Å². The van der Waals surface area contributed by atoms with Crippen LogP contribution in [0.1, 0.15) is 0 Å². The van der Waals surface area contributed by atoms with Crippen LogP contribution >= 0.6 is 11.6 Å². The quantitative estimate of drug-likeness (QED) is 0.590. The number of carbonyl (C=O) groups is 2. The fourth-order valence-corrected chi connectivity index (χ4v) is 0. The van der Waals surface area contributed by atoms with E-state index in [1.165, 1.54) is 0 Å². The molecule has 0 aromatic rings. The summed E-state index contributed by atoms with van der Waals surface area (Å²) in [5.41, 5.74) is 0. The predicted octanol–water partition coefficient (Wildman–Crippen LogP) is 0.350. The topological polar surface area (TPSA) is 74.6 Å². The largest absolute Gasteiger partial charge is 0.480 e. The van der Waals surface area contributed by atoms with Crippen molar-refractivity contribution in [1.82, 2.24) is 0 Å². The number of aliphatic carboxylic acids is 2. The van der Waals surface area contributed by atoms with Gasteiger partial charge in [-0.25, -0.2) is 9.18 Å². The van der Waals surface area contributed by atoms with Crippen LogP contribution in [0.4, 0.5) is 4.39 Å². The molecular formula is C4H6ClFO4. The molecule has 0 aliphatic heterocycles. The average Bonchev–Trinajstić information content (AvgIpc) is 1.89. The van der Waals surface area contributed by atoms with Gasteiger partial charge in [0.25, 0.3) is 0 Å². The van der Waals surface area contributed by atoms with Crippen molar-refractivity contribution in [3.8, 4) is 0 Å². The molecule has 0 aliphatic rings. The number of alkyl halides is 2. The van der Waals surface area contributed by atoms with Crippen LogP contribution in [0.15, 0.2) is 0 Å². The molecule has 0 aromatic heterocycles. The number of rotatable bonds is 2. The molecule has 0 atom stereocenters. The van der Waals surface area contributed by atoms with E-state index < -0.39 is 18.6 Å². The highest BCUT2D eigenvalue weighted by Gasteiger charge is 1.85. The molecule has 0 unspecified atom stereocenters. The van der Waals surface area contributed by atoms with Crippen LogP contribution < -0.4 is 0 Å². The molecule has 0 amide bonds. The molecule has 0 bridgehead atoms. The zero-order valence-corrected chi connectivity index (χ0v) is 5.64. The van der Waals surface area contributed by atoms with Crippen molar-refractivity contribution in [2.45, 2.75) is 0 Å². The number of carboxylic acid groups (broad SMARTS) is 2. The van der Waals surface area contributed by atoms with Gasteiger partial charge in [0.1, 0.15) is 5.88 Å². The van der Waals surface area contributed by atoms with Gasteiger partial charge in [-0.15, -0.1) is 11.6 Å². The fourth-order valence-electron chi connectivity index (χ4n) is 0. The van der Waals surface area contributed by atoms with Crippen LogP contribution in [0.5, 0.6) is 0 Å². The molecule has 0 radical (unpaired) electrons. The highest BCUT2D eigenvalue weighted by molar-refractivity contribution is 6.26. The second-order valence-electron chi connectivity index (χ2n) is 1.05. The number of carboxylic acids is 2. The minimum Gasteiger partial charge on any atom is -0.480 e. The van der Waals surface area contributed by atoms with E-state index >= 15 is 0 Å². The lowest BCUT2D eigenvalue weighted by Gasteiger charge is -1.69. The van der Waals surface area contributed by atoms with Gasteiger partial charge in [-0.1, -0.05) is 0 Å². The van der Waals surface area contributed by atoms with E-state index in [0.717, 1.165) is 0 Å². The number of hydrogen-bond donors (Lipinski definition) is 2. The lowest BCUT2D eigenvalue weighted by Crippen LogP contribution is -1.93. The standard InChI is InChI=1S/C2H3ClO2.C2H3FO2/c2*3-1-2(4)5/h2*1H2,(H,4,5). The monoisotopic (exact) mass is 172 g/mol. The maximum absolute atomic E-state index is 10.5. The Morgan fingerprint density at radius 1 is 1.30 bits per heavy atom. The molecule has 0 rings (SSSR count). The highest BCUT2D eigenvalue weighted by atomic mass is 35.5. The van der Waals surface area contributed by atoms with Crippen LogP contribution in [-0.4, -0.2) is 34.7 Å². The number of hydrogen-bond acceptors (Lipinski definition) is 2. The maximum Gasteiger partial charge on any atom is 0.335 e. The van der Waals surface area contributed by atoms with Gasteiger partial charge in [-0.3, -0.25) is 4.79 Å². The Morgan fingerprint density at radius 2 is 1.50 bits per heavy atom. The van der Waals surface area contributed by atoms with Crippen LogP contribution in [0.25, 0.3) is 0 Å². The van der Waals surface area contributed by atoms with E-state index in [2.05, 4.69) is 0 Å². The maximum atomic E-state index is 10.5. The Bertz CT molecular complexity index is 102. The van der Waals surface area contributed by atoms with Crippen molar-refractivity contribution in [2.75, 3.05) is 12.6 Å². The van der Waals surface area contributed by atoms with Crippen LogP contribution in [0.2, 0.25) is 0 Å². The van der Waals surface area contributed by atoms with Crippen LogP contribution in [-0.2, 0) is 9.59 Å². The Morgan fingerprint density at radius 3 is 1.50 bits per heavy atom. The molecule has 0 aliphatic carbocycles. The first kappa shape index (κ1) is 11.9. The molecular weight excluding hydrogens is 166 g/mol. The molecule has 0 heterocycles. The SMILES string of the molecule is O=C(O)CCl.O=C(O)CF. The summed E-state index contributed by atoms with van der Waals surface area (Å²) in [6.07, 6.45) is 0. The van der Waals surface area contributed by atoms with Gasteiger partial charge in [0, 0.05) is 0 Å².